The molecule has 114 valence electrons. The van der Waals surface area contributed by atoms with Gasteiger partial charge in [0.25, 0.3) is 5.95 Å². The summed E-state index contributed by atoms with van der Waals surface area (Å²) in [6.07, 6.45) is 2.37. The average Bonchev–Trinajstić information content (AvgIpc) is 2.75. The van der Waals surface area contributed by atoms with E-state index in [0.717, 1.165) is 24.0 Å². The number of rotatable bonds is 4. The lowest BCUT2D eigenvalue weighted by atomic mass is 9.86. The molecule has 1 spiro atoms. The van der Waals surface area contributed by atoms with Crippen LogP contribution in [0.15, 0.2) is 23.7 Å². The Morgan fingerprint density at radius 3 is 2.45 bits per heavy atom. The standard InChI is InChI=1S/C15H26O4Si/c1-6-16-14(19-20(3,4)5)13-7-8-15(11-12(13)2)17-9-10-18-15/h2,6-11H2,1,3-5H3/b14-13-. The SMILES string of the molecule is C=C1CC2(CC/C1=C(\OCC)O[Si](C)(C)C)OCCO2. The van der Waals surface area contributed by atoms with Crippen molar-refractivity contribution >= 4 is 8.32 Å². The number of hydrogen-bond acceptors (Lipinski definition) is 4. The lowest BCUT2D eigenvalue weighted by molar-refractivity contribution is -0.164. The quantitative estimate of drug-likeness (QED) is 0.587. The average molecular weight is 298 g/mol. The summed E-state index contributed by atoms with van der Waals surface area (Å²) in [5.74, 6) is 0.223. The molecule has 0 amide bonds. The van der Waals surface area contributed by atoms with Crippen molar-refractivity contribution in [1.29, 1.82) is 0 Å². The monoisotopic (exact) mass is 298 g/mol. The minimum Gasteiger partial charge on any atom is -0.520 e. The van der Waals surface area contributed by atoms with Crippen LogP contribution >= 0.6 is 0 Å². The molecule has 1 saturated carbocycles. The zero-order chi connectivity index (χ0) is 14.8. The van der Waals surface area contributed by atoms with Gasteiger partial charge in [0.2, 0.25) is 8.32 Å². The molecule has 0 aromatic heterocycles. The van der Waals surface area contributed by atoms with Crippen molar-refractivity contribution in [3.05, 3.63) is 23.7 Å². The van der Waals surface area contributed by atoms with Crippen molar-refractivity contribution in [2.24, 2.45) is 0 Å². The van der Waals surface area contributed by atoms with E-state index in [4.69, 9.17) is 18.6 Å². The number of hydrogen-bond donors (Lipinski definition) is 0. The van der Waals surface area contributed by atoms with Crippen molar-refractivity contribution in [2.75, 3.05) is 19.8 Å². The highest BCUT2D eigenvalue weighted by Gasteiger charge is 2.42. The summed E-state index contributed by atoms with van der Waals surface area (Å²) in [6.45, 7) is 14.6. The van der Waals surface area contributed by atoms with Crippen LogP contribution in [0.2, 0.25) is 19.6 Å². The minimum atomic E-state index is -1.70. The Morgan fingerprint density at radius 2 is 1.95 bits per heavy atom. The fourth-order valence-corrected chi connectivity index (χ4v) is 3.33. The largest absolute Gasteiger partial charge is 0.520 e. The molecule has 2 fully saturated rings. The first-order valence-electron chi connectivity index (χ1n) is 7.36. The van der Waals surface area contributed by atoms with E-state index in [-0.39, 0.29) is 0 Å². The van der Waals surface area contributed by atoms with Crippen molar-refractivity contribution in [1.82, 2.24) is 0 Å². The lowest BCUT2D eigenvalue weighted by Crippen LogP contribution is -2.35. The Kier molecular flexibility index (Phi) is 4.61. The fraction of sp³-hybridized carbons (Fsp3) is 0.733. The van der Waals surface area contributed by atoms with Gasteiger partial charge >= 0.3 is 0 Å². The highest BCUT2D eigenvalue weighted by molar-refractivity contribution is 6.70. The molecule has 1 aliphatic heterocycles. The molecule has 1 saturated heterocycles. The zero-order valence-electron chi connectivity index (χ0n) is 13.1. The van der Waals surface area contributed by atoms with E-state index < -0.39 is 14.1 Å². The molecule has 2 rings (SSSR count). The second-order valence-electron chi connectivity index (χ2n) is 6.30. The van der Waals surface area contributed by atoms with Crippen LogP contribution in [-0.2, 0) is 18.6 Å². The number of ether oxygens (including phenoxy) is 3. The van der Waals surface area contributed by atoms with E-state index in [2.05, 4.69) is 26.2 Å². The van der Waals surface area contributed by atoms with Gasteiger partial charge in [-0.2, -0.15) is 0 Å². The van der Waals surface area contributed by atoms with Crippen molar-refractivity contribution in [3.8, 4) is 0 Å². The maximum atomic E-state index is 6.09. The molecule has 1 heterocycles. The summed E-state index contributed by atoms with van der Waals surface area (Å²) in [7, 11) is -1.70. The van der Waals surface area contributed by atoms with Crippen LogP contribution in [0.1, 0.15) is 26.2 Å². The van der Waals surface area contributed by atoms with Crippen LogP contribution in [-0.4, -0.2) is 33.9 Å². The summed E-state index contributed by atoms with van der Waals surface area (Å²) < 4.78 is 23.3. The fourth-order valence-electron chi connectivity index (χ4n) is 2.59. The molecule has 20 heavy (non-hydrogen) atoms. The van der Waals surface area contributed by atoms with Gasteiger partial charge in [0.05, 0.1) is 19.8 Å². The van der Waals surface area contributed by atoms with E-state index in [9.17, 15) is 0 Å². The van der Waals surface area contributed by atoms with Gasteiger partial charge in [0.15, 0.2) is 5.79 Å². The third-order valence-electron chi connectivity index (χ3n) is 3.40. The lowest BCUT2D eigenvalue weighted by Gasteiger charge is -2.35. The summed E-state index contributed by atoms with van der Waals surface area (Å²) in [5.41, 5.74) is 2.11. The second kappa shape index (κ2) is 5.91. The maximum absolute atomic E-state index is 6.09. The molecule has 0 aromatic rings. The Morgan fingerprint density at radius 1 is 1.30 bits per heavy atom. The molecular formula is C15H26O4Si. The van der Waals surface area contributed by atoms with Gasteiger partial charge in [-0.1, -0.05) is 6.58 Å². The Labute approximate surface area is 122 Å². The first-order chi connectivity index (χ1) is 9.35. The molecule has 0 bridgehead atoms. The molecule has 0 atom stereocenters. The Balaban J connectivity index is 2.16. The smallest absolute Gasteiger partial charge is 0.268 e. The molecule has 0 unspecified atom stereocenters. The molecule has 0 aromatic carbocycles. The normalized spacial score (nSPS) is 24.9. The Hall–Kier alpha value is -0.783. The van der Waals surface area contributed by atoms with Crippen LogP contribution in [0.25, 0.3) is 0 Å². The predicted molar refractivity (Wildman–Crippen MR) is 80.7 cm³/mol. The first-order valence-corrected chi connectivity index (χ1v) is 10.8. The van der Waals surface area contributed by atoms with Crippen molar-refractivity contribution in [3.63, 3.8) is 0 Å². The zero-order valence-corrected chi connectivity index (χ0v) is 14.1. The van der Waals surface area contributed by atoms with Gasteiger partial charge in [-0.15, -0.1) is 0 Å². The van der Waals surface area contributed by atoms with Crippen LogP contribution in [0.4, 0.5) is 0 Å². The van der Waals surface area contributed by atoms with E-state index in [0.29, 0.717) is 32.2 Å². The van der Waals surface area contributed by atoms with Crippen LogP contribution < -0.4 is 0 Å². The van der Waals surface area contributed by atoms with Gasteiger partial charge < -0.3 is 18.6 Å². The summed E-state index contributed by atoms with van der Waals surface area (Å²) in [4.78, 5) is 0. The molecule has 0 N–H and O–H groups in total. The Bertz CT molecular complexity index is 403. The van der Waals surface area contributed by atoms with Gasteiger partial charge in [-0.05, 0) is 38.6 Å². The molecule has 2 aliphatic rings. The van der Waals surface area contributed by atoms with Crippen molar-refractivity contribution in [2.45, 2.75) is 51.6 Å². The molecular weight excluding hydrogens is 272 g/mol. The van der Waals surface area contributed by atoms with E-state index in [1.165, 1.54) is 0 Å². The highest BCUT2D eigenvalue weighted by atomic mass is 28.4. The summed E-state index contributed by atoms with van der Waals surface area (Å²) in [5, 5.41) is 0. The van der Waals surface area contributed by atoms with E-state index in [1.807, 2.05) is 6.92 Å². The second-order valence-corrected chi connectivity index (χ2v) is 10.7. The van der Waals surface area contributed by atoms with Gasteiger partial charge in [-0.3, -0.25) is 0 Å². The van der Waals surface area contributed by atoms with E-state index >= 15 is 0 Å². The van der Waals surface area contributed by atoms with Gasteiger partial charge in [0, 0.05) is 18.4 Å². The summed E-state index contributed by atoms with van der Waals surface area (Å²) >= 11 is 0. The van der Waals surface area contributed by atoms with Gasteiger partial charge in [-0.25, -0.2) is 0 Å². The van der Waals surface area contributed by atoms with Crippen LogP contribution in [0.3, 0.4) is 0 Å². The molecule has 4 nitrogen and oxygen atoms in total. The molecule has 1 aliphatic carbocycles. The van der Waals surface area contributed by atoms with Gasteiger partial charge in [0.1, 0.15) is 0 Å². The highest BCUT2D eigenvalue weighted by Crippen LogP contribution is 2.42. The topological polar surface area (TPSA) is 36.9 Å². The van der Waals surface area contributed by atoms with Crippen molar-refractivity contribution < 1.29 is 18.6 Å². The van der Waals surface area contributed by atoms with Crippen LogP contribution in [0, 0.1) is 0 Å². The third-order valence-corrected chi connectivity index (χ3v) is 4.20. The maximum Gasteiger partial charge on any atom is 0.268 e. The molecule has 5 heteroatoms. The number of allylic oxidation sites excluding steroid dienone is 1. The minimum absolute atomic E-state index is 0.447. The van der Waals surface area contributed by atoms with E-state index in [1.54, 1.807) is 0 Å². The molecule has 0 radical (unpaired) electrons. The first kappa shape index (κ1) is 15.6. The summed E-state index contributed by atoms with van der Waals surface area (Å²) in [6, 6.07) is 0. The third kappa shape index (κ3) is 3.65. The predicted octanol–water partition coefficient (Wildman–Crippen LogP) is 3.57. The van der Waals surface area contributed by atoms with Crippen LogP contribution in [0.5, 0.6) is 0 Å².